The van der Waals surface area contributed by atoms with E-state index in [9.17, 15) is 0 Å². The van der Waals surface area contributed by atoms with Gasteiger partial charge >= 0.3 is 0 Å². The third-order valence-electron chi connectivity index (χ3n) is 3.71. The first-order chi connectivity index (χ1) is 12.3. The third kappa shape index (κ3) is 3.31. The molecule has 2 N–H and O–H groups in total. The molecular formula is C17H16N4S4. The van der Waals surface area contributed by atoms with Crippen molar-refractivity contribution < 1.29 is 0 Å². The van der Waals surface area contributed by atoms with Crippen LogP contribution < -0.4 is 5.73 Å². The maximum Gasteiger partial charge on any atom is 0.141 e. The molecule has 4 nitrogen and oxygen atoms in total. The Morgan fingerprint density at radius 3 is 2.56 bits per heavy atom. The Balaban J connectivity index is 1.89. The lowest BCUT2D eigenvalue weighted by atomic mass is 10.1. The van der Waals surface area contributed by atoms with Crippen molar-refractivity contribution in [2.45, 2.75) is 24.0 Å². The zero-order valence-electron chi connectivity index (χ0n) is 13.6. The van der Waals surface area contributed by atoms with Gasteiger partial charge in [-0.1, -0.05) is 13.3 Å². The number of thiophene rings is 1. The highest BCUT2D eigenvalue weighted by Crippen LogP contribution is 2.45. The lowest BCUT2D eigenvalue weighted by Gasteiger charge is -2.04. The number of nitrogens with two attached hydrogens (primary N) is 1. The van der Waals surface area contributed by atoms with Crippen LogP contribution in [0.25, 0.3) is 31.5 Å². The fraction of sp³-hybridized carbons (Fsp3) is 0.235. The highest BCUT2D eigenvalue weighted by atomic mass is 32.2. The van der Waals surface area contributed by atoms with E-state index in [1.165, 1.54) is 12.8 Å². The Bertz CT molecular complexity index is 974. The first-order valence-electron chi connectivity index (χ1n) is 7.93. The number of fused-ring (bicyclic) bond motifs is 1. The molecule has 0 atom stereocenters. The molecule has 4 aromatic heterocycles. The molecule has 0 amide bonds. The molecule has 0 bridgehead atoms. The van der Waals surface area contributed by atoms with Crippen molar-refractivity contribution in [1.82, 2.24) is 15.0 Å². The van der Waals surface area contributed by atoms with Crippen LogP contribution in [0.1, 0.15) is 19.8 Å². The molecule has 0 fully saturated rings. The predicted octanol–water partition coefficient (Wildman–Crippen LogP) is 6.02. The van der Waals surface area contributed by atoms with E-state index < -0.39 is 0 Å². The second kappa shape index (κ2) is 7.41. The Morgan fingerprint density at radius 2 is 1.88 bits per heavy atom. The molecule has 0 aliphatic heterocycles. The summed E-state index contributed by atoms with van der Waals surface area (Å²) in [5.41, 5.74) is 9.29. The second-order valence-corrected chi connectivity index (χ2v) is 9.57. The zero-order chi connectivity index (χ0) is 17.2. The van der Waals surface area contributed by atoms with Crippen LogP contribution in [0.2, 0.25) is 0 Å². The topological polar surface area (TPSA) is 64.7 Å². The van der Waals surface area contributed by atoms with Gasteiger partial charge in [-0.05, 0) is 18.2 Å². The first kappa shape index (κ1) is 17.0. The van der Waals surface area contributed by atoms with Gasteiger partial charge in [0.15, 0.2) is 0 Å². The second-order valence-electron chi connectivity index (χ2n) is 5.41. The maximum absolute atomic E-state index is 6.51. The van der Waals surface area contributed by atoms with Crippen molar-refractivity contribution in [1.29, 1.82) is 0 Å². The van der Waals surface area contributed by atoms with Crippen LogP contribution in [0.4, 0.5) is 5.69 Å². The van der Waals surface area contributed by atoms with Gasteiger partial charge in [0.25, 0.3) is 0 Å². The van der Waals surface area contributed by atoms with Gasteiger partial charge in [0.1, 0.15) is 20.5 Å². The van der Waals surface area contributed by atoms with E-state index in [1.54, 1.807) is 34.0 Å². The van der Waals surface area contributed by atoms with Crippen molar-refractivity contribution in [2.75, 3.05) is 11.5 Å². The molecule has 0 saturated heterocycles. The summed E-state index contributed by atoms with van der Waals surface area (Å²) in [6, 6.07) is 2.07. The van der Waals surface area contributed by atoms with E-state index in [4.69, 9.17) is 10.7 Å². The molecule has 0 aromatic carbocycles. The number of rotatable bonds is 6. The summed E-state index contributed by atoms with van der Waals surface area (Å²) in [6.07, 6.45) is 6.02. The molecule has 0 saturated carbocycles. The quantitative estimate of drug-likeness (QED) is 0.314. The molecule has 0 spiro atoms. The van der Waals surface area contributed by atoms with E-state index in [-0.39, 0.29) is 0 Å². The molecular weight excluding hydrogens is 388 g/mol. The van der Waals surface area contributed by atoms with E-state index in [2.05, 4.69) is 23.0 Å². The van der Waals surface area contributed by atoms with E-state index >= 15 is 0 Å². The number of nitrogen functional groups attached to an aromatic ring is 1. The first-order valence-corrected chi connectivity index (χ1v) is 11.5. The largest absolute Gasteiger partial charge is 0.397 e. The molecule has 4 heterocycles. The van der Waals surface area contributed by atoms with E-state index in [1.807, 2.05) is 34.9 Å². The van der Waals surface area contributed by atoms with Crippen molar-refractivity contribution in [3.63, 3.8) is 0 Å². The minimum Gasteiger partial charge on any atom is -0.397 e. The molecule has 4 aromatic rings. The molecule has 4 rings (SSSR count). The summed E-state index contributed by atoms with van der Waals surface area (Å²) >= 11 is 6.73. The van der Waals surface area contributed by atoms with Gasteiger partial charge in [0, 0.05) is 34.1 Å². The number of thioether (sulfide) groups is 1. The minimum absolute atomic E-state index is 0.837. The fourth-order valence-corrected chi connectivity index (χ4v) is 6.21. The number of aromatic nitrogens is 3. The Morgan fingerprint density at radius 1 is 1.12 bits per heavy atom. The van der Waals surface area contributed by atoms with Gasteiger partial charge in [-0.2, -0.15) is 0 Å². The smallest absolute Gasteiger partial charge is 0.141 e. The molecule has 128 valence electrons. The Kier molecular flexibility index (Phi) is 5.03. The molecule has 8 heteroatoms. The van der Waals surface area contributed by atoms with Crippen LogP contribution in [0.15, 0.2) is 33.4 Å². The van der Waals surface area contributed by atoms with Crippen molar-refractivity contribution in [3.8, 4) is 21.3 Å². The maximum atomic E-state index is 6.51. The number of hydrogen-bond acceptors (Lipinski definition) is 8. The van der Waals surface area contributed by atoms with Crippen LogP contribution in [0.5, 0.6) is 0 Å². The highest BCUT2D eigenvalue weighted by molar-refractivity contribution is 8.01. The summed E-state index contributed by atoms with van der Waals surface area (Å²) in [7, 11) is 0. The number of pyridine rings is 1. The van der Waals surface area contributed by atoms with Crippen molar-refractivity contribution in [2.24, 2.45) is 0 Å². The molecule has 0 aliphatic rings. The zero-order valence-corrected chi connectivity index (χ0v) is 16.8. The van der Waals surface area contributed by atoms with Crippen LogP contribution >= 0.6 is 45.8 Å². The summed E-state index contributed by atoms with van der Waals surface area (Å²) in [6.45, 7) is 2.21. The molecule has 0 radical (unpaired) electrons. The average Bonchev–Trinajstić information content (AvgIpc) is 3.37. The standard InChI is InChI=1S/C17H16N4S4/c1-2-3-6-24-17-13(18)12-10(14-19-4-7-22-14)9-11(21-16(12)25-17)15-20-5-8-23-15/h4-5,7-9H,2-3,6,18H2,1H3. The third-order valence-corrected chi connectivity index (χ3v) is 7.78. The predicted molar refractivity (Wildman–Crippen MR) is 112 cm³/mol. The van der Waals surface area contributed by atoms with Gasteiger partial charge < -0.3 is 5.73 Å². The lowest BCUT2D eigenvalue weighted by Crippen LogP contribution is -1.90. The SMILES string of the molecule is CCCCSc1sc2nc(-c3nccs3)cc(-c3nccs3)c2c1N. The van der Waals surface area contributed by atoms with Crippen molar-refractivity contribution >= 4 is 61.7 Å². The number of anilines is 1. The molecule has 25 heavy (non-hydrogen) atoms. The van der Waals surface area contributed by atoms with Gasteiger partial charge in [0.2, 0.25) is 0 Å². The molecule has 0 aliphatic carbocycles. The highest BCUT2D eigenvalue weighted by Gasteiger charge is 2.19. The van der Waals surface area contributed by atoms with Crippen LogP contribution in [0.3, 0.4) is 0 Å². The summed E-state index contributed by atoms with van der Waals surface area (Å²) < 4.78 is 1.16. The number of thiazole rings is 2. The van der Waals surface area contributed by atoms with Gasteiger partial charge in [-0.25, -0.2) is 15.0 Å². The van der Waals surface area contributed by atoms with Crippen LogP contribution in [-0.4, -0.2) is 20.7 Å². The van der Waals surface area contributed by atoms with Crippen molar-refractivity contribution in [3.05, 3.63) is 29.2 Å². The fourth-order valence-electron chi connectivity index (χ4n) is 2.50. The van der Waals surface area contributed by atoms with E-state index in [0.717, 1.165) is 47.1 Å². The average molecular weight is 405 g/mol. The monoisotopic (exact) mass is 404 g/mol. The van der Waals surface area contributed by atoms with Crippen LogP contribution in [-0.2, 0) is 0 Å². The summed E-state index contributed by atoms with van der Waals surface area (Å²) in [5, 5.41) is 6.88. The van der Waals surface area contributed by atoms with Gasteiger partial charge in [0.05, 0.1) is 9.90 Å². The Hall–Kier alpha value is -1.48. The van der Waals surface area contributed by atoms with Gasteiger partial charge in [-0.3, -0.25) is 0 Å². The van der Waals surface area contributed by atoms with Gasteiger partial charge in [-0.15, -0.1) is 45.8 Å². The number of hydrogen-bond donors (Lipinski definition) is 1. The Labute approximate surface area is 162 Å². The molecule has 0 unspecified atom stereocenters. The van der Waals surface area contributed by atoms with E-state index in [0.29, 0.717) is 0 Å². The normalized spacial score (nSPS) is 11.4. The number of unbranched alkanes of at least 4 members (excludes halogenated alkanes) is 1. The van der Waals surface area contributed by atoms with Crippen LogP contribution in [0, 0.1) is 0 Å². The number of nitrogens with zero attached hydrogens (tertiary/aromatic N) is 3. The summed E-state index contributed by atoms with van der Waals surface area (Å²) in [4.78, 5) is 14.7. The minimum atomic E-state index is 0.837. The lowest BCUT2D eigenvalue weighted by molar-refractivity contribution is 0.897. The summed E-state index contributed by atoms with van der Waals surface area (Å²) in [5.74, 6) is 1.08.